The molecule has 2 N–H and O–H groups in total. The van der Waals surface area contributed by atoms with E-state index in [0.717, 1.165) is 31.4 Å². The summed E-state index contributed by atoms with van der Waals surface area (Å²) in [6, 6.07) is 8.34. The van der Waals surface area contributed by atoms with E-state index in [1.54, 1.807) is 11.8 Å². The van der Waals surface area contributed by atoms with Gasteiger partial charge in [0.1, 0.15) is 0 Å². The Morgan fingerprint density at radius 3 is 2.57 bits per heavy atom. The van der Waals surface area contributed by atoms with Gasteiger partial charge in [0, 0.05) is 23.6 Å². The van der Waals surface area contributed by atoms with E-state index in [2.05, 4.69) is 36.5 Å². The molecule has 0 heterocycles. The van der Waals surface area contributed by atoms with Gasteiger partial charge in [0.25, 0.3) is 0 Å². The van der Waals surface area contributed by atoms with E-state index in [4.69, 9.17) is 0 Å². The molecule has 1 amide bonds. The van der Waals surface area contributed by atoms with Crippen molar-refractivity contribution in [2.45, 2.75) is 55.9 Å². The molecular formula is C17H25NO2S. The first-order valence-corrected chi connectivity index (χ1v) is 8.75. The molecule has 1 aromatic carbocycles. The highest BCUT2D eigenvalue weighted by atomic mass is 32.2. The van der Waals surface area contributed by atoms with E-state index in [0.29, 0.717) is 13.0 Å². The SMILES string of the molecule is Cc1ccc(SCCC(=O)NCC2(O)CCCCC2)cc1. The van der Waals surface area contributed by atoms with Gasteiger partial charge in [-0.05, 0) is 31.9 Å². The van der Waals surface area contributed by atoms with Crippen molar-refractivity contribution >= 4 is 17.7 Å². The molecule has 1 fully saturated rings. The van der Waals surface area contributed by atoms with Crippen LogP contribution in [0, 0.1) is 6.92 Å². The maximum absolute atomic E-state index is 11.8. The van der Waals surface area contributed by atoms with Gasteiger partial charge in [0.15, 0.2) is 0 Å². The van der Waals surface area contributed by atoms with Gasteiger partial charge in [-0.15, -0.1) is 11.8 Å². The summed E-state index contributed by atoms with van der Waals surface area (Å²) in [4.78, 5) is 13.0. The Hall–Kier alpha value is -1.00. The predicted octanol–water partition coefficient (Wildman–Crippen LogP) is 3.29. The van der Waals surface area contributed by atoms with Crippen LogP contribution in [0.25, 0.3) is 0 Å². The Bertz CT molecular complexity index is 452. The number of hydrogen-bond acceptors (Lipinski definition) is 3. The molecule has 21 heavy (non-hydrogen) atoms. The summed E-state index contributed by atoms with van der Waals surface area (Å²) in [5.41, 5.74) is 0.579. The van der Waals surface area contributed by atoms with Crippen LogP contribution in [0.15, 0.2) is 29.2 Å². The molecule has 2 rings (SSSR count). The molecule has 4 heteroatoms. The van der Waals surface area contributed by atoms with Crippen molar-refractivity contribution in [3.63, 3.8) is 0 Å². The summed E-state index contributed by atoms with van der Waals surface area (Å²) in [5, 5.41) is 13.2. The number of benzene rings is 1. The van der Waals surface area contributed by atoms with Crippen molar-refractivity contribution < 1.29 is 9.90 Å². The average Bonchev–Trinajstić information content (AvgIpc) is 2.48. The van der Waals surface area contributed by atoms with Gasteiger partial charge < -0.3 is 10.4 Å². The summed E-state index contributed by atoms with van der Waals surface area (Å²) in [6.07, 6.45) is 5.44. The van der Waals surface area contributed by atoms with Gasteiger partial charge in [-0.1, -0.05) is 37.0 Å². The number of hydrogen-bond donors (Lipinski definition) is 2. The predicted molar refractivity (Wildman–Crippen MR) is 87.6 cm³/mol. The number of nitrogens with one attached hydrogen (secondary N) is 1. The van der Waals surface area contributed by atoms with E-state index in [-0.39, 0.29) is 5.91 Å². The maximum Gasteiger partial charge on any atom is 0.220 e. The molecule has 1 aromatic rings. The zero-order valence-electron chi connectivity index (χ0n) is 12.7. The lowest BCUT2D eigenvalue weighted by molar-refractivity contribution is -0.122. The summed E-state index contributed by atoms with van der Waals surface area (Å²) >= 11 is 1.69. The van der Waals surface area contributed by atoms with Gasteiger partial charge >= 0.3 is 0 Å². The molecule has 1 aliphatic carbocycles. The summed E-state index contributed by atoms with van der Waals surface area (Å²) < 4.78 is 0. The standard InChI is InChI=1S/C17H25NO2S/c1-14-5-7-15(8-6-14)21-12-9-16(19)18-13-17(20)10-3-2-4-11-17/h5-8,20H,2-4,9-13H2,1H3,(H,18,19). The van der Waals surface area contributed by atoms with E-state index in [1.165, 1.54) is 16.9 Å². The van der Waals surface area contributed by atoms with E-state index >= 15 is 0 Å². The molecule has 3 nitrogen and oxygen atoms in total. The second-order valence-corrected chi connectivity index (χ2v) is 7.14. The Morgan fingerprint density at radius 2 is 1.90 bits per heavy atom. The van der Waals surface area contributed by atoms with Crippen LogP contribution >= 0.6 is 11.8 Å². The smallest absolute Gasteiger partial charge is 0.220 e. The maximum atomic E-state index is 11.8. The highest BCUT2D eigenvalue weighted by molar-refractivity contribution is 7.99. The number of carbonyl (C=O) groups is 1. The topological polar surface area (TPSA) is 49.3 Å². The first-order chi connectivity index (χ1) is 10.1. The van der Waals surface area contributed by atoms with Crippen LogP contribution in [0.3, 0.4) is 0 Å². The van der Waals surface area contributed by atoms with Gasteiger partial charge in [0.05, 0.1) is 5.60 Å². The molecular weight excluding hydrogens is 282 g/mol. The summed E-state index contributed by atoms with van der Waals surface area (Å²) in [6.45, 7) is 2.47. The monoisotopic (exact) mass is 307 g/mol. The molecule has 0 atom stereocenters. The van der Waals surface area contributed by atoms with Crippen molar-refractivity contribution in [1.82, 2.24) is 5.32 Å². The number of amides is 1. The Balaban J connectivity index is 1.64. The zero-order chi connectivity index (χ0) is 15.1. The Kier molecular flexibility index (Phi) is 6.12. The lowest BCUT2D eigenvalue weighted by Crippen LogP contribution is -2.44. The second-order valence-electron chi connectivity index (χ2n) is 5.97. The van der Waals surface area contributed by atoms with E-state index in [1.807, 2.05) is 0 Å². The quantitative estimate of drug-likeness (QED) is 0.793. The number of aryl methyl sites for hydroxylation is 1. The molecule has 0 bridgehead atoms. The van der Waals surface area contributed by atoms with Crippen LogP contribution in [0.5, 0.6) is 0 Å². The number of carbonyl (C=O) groups excluding carboxylic acids is 1. The molecule has 1 saturated carbocycles. The number of rotatable bonds is 6. The summed E-state index contributed by atoms with van der Waals surface area (Å²) in [5.74, 6) is 0.807. The fourth-order valence-corrected chi connectivity index (χ4v) is 3.49. The molecule has 0 saturated heterocycles. The molecule has 0 spiro atoms. The third-order valence-electron chi connectivity index (χ3n) is 4.02. The molecule has 0 aliphatic heterocycles. The Labute approximate surface area is 131 Å². The third-order valence-corrected chi connectivity index (χ3v) is 5.03. The van der Waals surface area contributed by atoms with Crippen molar-refractivity contribution in [2.75, 3.05) is 12.3 Å². The minimum atomic E-state index is -0.669. The van der Waals surface area contributed by atoms with Crippen LogP contribution in [0.4, 0.5) is 0 Å². The molecule has 0 radical (unpaired) electrons. The van der Waals surface area contributed by atoms with Gasteiger partial charge in [-0.25, -0.2) is 0 Å². The van der Waals surface area contributed by atoms with E-state index in [9.17, 15) is 9.90 Å². The second kappa shape index (κ2) is 7.85. The summed E-state index contributed by atoms with van der Waals surface area (Å²) in [7, 11) is 0. The largest absolute Gasteiger partial charge is 0.388 e. The lowest BCUT2D eigenvalue weighted by atomic mass is 9.85. The third kappa shape index (κ3) is 5.71. The Morgan fingerprint density at radius 1 is 1.24 bits per heavy atom. The van der Waals surface area contributed by atoms with Gasteiger partial charge in [-0.3, -0.25) is 4.79 Å². The molecule has 116 valence electrons. The van der Waals surface area contributed by atoms with Crippen molar-refractivity contribution in [3.8, 4) is 0 Å². The fraction of sp³-hybridized carbons (Fsp3) is 0.588. The number of aliphatic hydroxyl groups is 1. The molecule has 1 aliphatic rings. The van der Waals surface area contributed by atoms with Gasteiger partial charge in [0.2, 0.25) is 5.91 Å². The zero-order valence-corrected chi connectivity index (χ0v) is 13.5. The van der Waals surface area contributed by atoms with E-state index < -0.39 is 5.60 Å². The molecule has 0 unspecified atom stereocenters. The van der Waals surface area contributed by atoms with Crippen LogP contribution in [0.1, 0.15) is 44.1 Å². The van der Waals surface area contributed by atoms with Crippen LogP contribution in [0.2, 0.25) is 0 Å². The average molecular weight is 307 g/mol. The number of thioether (sulfide) groups is 1. The van der Waals surface area contributed by atoms with Gasteiger partial charge in [-0.2, -0.15) is 0 Å². The fourth-order valence-electron chi connectivity index (χ4n) is 2.63. The highest BCUT2D eigenvalue weighted by Crippen LogP contribution is 2.27. The van der Waals surface area contributed by atoms with Crippen LogP contribution in [-0.4, -0.2) is 28.9 Å². The highest BCUT2D eigenvalue weighted by Gasteiger charge is 2.29. The minimum Gasteiger partial charge on any atom is -0.388 e. The van der Waals surface area contributed by atoms with Crippen LogP contribution in [-0.2, 0) is 4.79 Å². The van der Waals surface area contributed by atoms with Crippen molar-refractivity contribution in [1.29, 1.82) is 0 Å². The van der Waals surface area contributed by atoms with Crippen LogP contribution < -0.4 is 5.32 Å². The van der Waals surface area contributed by atoms with Crippen molar-refractivity contribution in [3.05, 3.63) is 29.8 Å². The first-order valence-electron chi connectivity index (χ1n) is 7.76. The van der Waals surface area contributed by atoms with Crippen molar-refractivity contribution in [2.24, 2.45) is 0 Å². The first kappa shape index (κ1) is 16.4. The molecule has 0 aromatic heterocycles. The minimum absolute atomic E-state index is 0.0358. The normalized spacial score (nSPS) is 17.4. The lowest BCUT2D eigenvalue weighted by Gasteiger charge is -2.32.